The van der Waals surface area contributed by atoms with Crippen LogP contribution in [0.5, 0.6) is 0 Å². The second-order valence-electron chi connectivity index (χ2n) is 3.95. The van der Waals surface area contributed by atoms with Crippen LogP contribution in [0.15, 0.2) is 10.9 Å². The molecule has 0 aliphatic heterocycles. The molecule has 0 radical (unpaired) electrons. The molecule has 17 heavy (non-hydrogen) atoms. The summed E-state index contributed by atoms with van der Waals surface area (Å²) in [6, 6.07) is -2.55. The van der Waals surface area contributed by atoms with Crippen LogP contribution in [0, 0.1) is 0 Å². The minimum atomic E-state index is -4.32. The highest BCUT2D eigenvalue weighted by molar-refractivity contribution is 7.07. The molecule has 0 saturated heterocycles. The van der Waals surface area contributed by atoms with Gasteiger partial charge in [-0.3, -0.25) is 4.90 Å². The molecule has 2 atom stereocenters. The van der Waals surface area contributed by atoms with Crippen molar-refractivity contribution in [3.8, 4) is 0 Å². The van der Waals surface area contributed by atoms with Crippen molar-refractivity contribution in [2.45, 2.75) is 38.1 Å². The summed E-state index contributed by atoms with van der Waals surface area (Å²) in [7, 11) is 1.42. The molecule has 1 rings (SSSR count). The number of nitrogens with zero attached hydrogens (tertiary/aromatic N) is 2. The predicted molar refractivity (Wildman–Crippen MR) is 61.7 cm³/mol. The largest absolute Gasteiger partial charge is 0.405 e. The lowest BCUT2D eigenvalue weighted by Gasteiger charge is -2.33. The molecule has 2 N–H and O–H groups in total. The Bertz CT molecular complexity index is 326. The highest BCUT2D eigenvalue weighted by Gasteiger charge is 2.45. The molecular weight excluding hydrogens is 251 g/mol. The second-order valence-corrected chi connectivity index (χ2v) is 4.67. The number of likely N-dealkylation sites (N-methyl/N-ethyl adjacent to an activating group) is 1. The Morgan fingerprint density at radius 1 is 1.53 bits per heavy atom. The Balaban J connectivity index is 2.76. The van der Waals surface area contributed by atoms with E-state index in [1.807, 2.05) is 0 Å². The zero-order chi connectivity index (χ0) is 13.1. The third kappa shape index (κ3) is 3.93. The topological polar surface area (TPSA) is 42.1 Å². The zero-order valence-corrected chi connectivity index (χ0v) is 10.6. The number of alkyl halides is 3. The van der Waals surface area contributed by atoms with Crippen molar-refractivity contribution in [3.05, 3.63) is 16.6 Å². The van der Waals surface area contributed by atoms with Gasteiger partial charge in [-0.2, -0.15) is 13.2 Å². The minimum Gasteiger partial charge on any atom is -0.326 e. The van der Waals surface area contributed by atoms with E-state index in [1.54, 1.807) is 17.8 Å². The molecule has 0 amide bonds. The third-order valence-electron chi connectivity index (χ3n) is 2.58. The number of hydrogen-bond donors (Lipinski definition) is 1. The fourth-order valence-corrected chi connectivity index (χ4v) is 2.26. The van der Waals surface area contributed by atoms with Crippen molar-refractivity contribution in [1.82, 2.24) is 9.88 Å². The summed E-state index contributed by atoms with van der Waals surface area (Å²) in [5.74, 6) is 0. The molecule has 0 aliphatic carbocycles. The van der Waals surface area contributed by atoms with Crippen LogP contribution in [-0.4, -0.2) is 35.2 Å². The van der Waals surface area contributed by atoms with Crippen molar-refractivity contribution in [1.29, 1.82) is 0 Å². The van der Waals surface area contributed by atoms with E-state index in [9.17, 15) is 13.2 Å². The summed E-state index contributed by atoms with van der Waals surface area (Å²) in [6.07, 6.45) is -4.04. The van der Waals surface area contributed by atoms with Gasteiger partial charge >= 0.3 is 6.18 Å². The van der Waals surface area contributed by atoms with Gasteiger partial charge in [0.05, 0.1) is 11.2 Å². The summed E-state index contributed by atoms with van der Waals surface area (Å²) >= 11 is 1.36. The molecular formula is C10H16F3N3S. The lowest BCUT2D eigenvalue weighted by Crippen LogP contribution is -2.54. The van der Waals surface area contributed by atoms with E-state index in [0.29, 0.717) is 5.69 Å². The highest BCUT2D eigenvalue weighted by atomic mass is 32.1. The van der Waals surface area contributed by atoms with E-state index < -0.39 is 18.3 Å². The van der Waals surface area contributed by atoms with Crippen molar-refractivity contribution in [3.63, 3.8) is 0 Å². The smallest absolute Gasteiger partial charge is 0.326 e. The summed E-state index contributed by atoms with van der Waals surface area (Å²) in [5.41, 5.74) is 7.79. The average Bonchev–Trinajstić information content (AvgIpc) is 2.67. The van der Waals surface area contributed by atoms with Gasteiger partial charge in [-0.1, -0.05) is 6.92 Å². The van der Waals surface area contributed by atoms with Gasteiger partial charge in [0, 0.05) is 18.0 Å². The molecule has 0 spiro atoms. The van der Waals surface area contributed by atoms with E-state index >= 15 is 0 Å². The number of hydrogen-bond acceptors (Lipinski definition) is 4. The molecule has 2 unspecified atom stereocenters. The number of aromatic nitrogens is 1. The third-order valence-corrected chi connectivity index (χ3v) is 3.22. The predicted octanol–water partition coefficient (Wildman–Crippen LogP) is 2.24. The van der Waals surface area contributed by atoms with Gasteiger partial charge in [0.15, 0.2) is 0 Å². The normalized spacial score (nSPS) is 16.2. The van der Waals surface area contributed by atoms with E-state index in [0.717, 1.165) is 0 Å². The summed E-state index contributed by atoms with van der Waals surface area (Å²) in [4.78, 5) is 5.19. The van der Waals surface area contributed by atoms with Crippen LogP contribution in [0.25, 0.3) is 0 Å². The fourth-order valence-electron chi connectivity index (χ4n) is 1.71. The molecule has 3 nitrogen and oxygen atoms in total. The quantitative estimate of drug-likeness (QED) is 0.889. The molecule has 0 fully saturated rings. The molecule has 0 saturated carbocycles. The molecule has 0 aromatic carbocycles. The highest BCUT2D eigenvalue weighted by Crippen LogP contribution is 2.27. The second kappa shape index (κ2) is 5.79. The van der Waals surface area contributed by atoms with Crippen LogP contribution in [0.1, 0.15) is 19.0 Å². The molecule has 98 valence electrons. The van der Waals surface area contributed by atoms with E-state index in [2.05, 4.69) is 4.98 Å². The summed E-state index contributed by atoms with van der Waals surface area (Å²) in [6.45, 7) is 1.81. The van der Waals surface area contributed by atoms with Gasteiger partial charge in [-0.15, -0.1) is 11.3 Å². The first-order valence-corrected chi connectivity index (χ1v) is 6.20. The number of rotatable bonds is 5. The summed E-state index contributed by atoms with van der Waals surface area (Å²) in [5, 5.41) is 1.74. The molecule has 0 aliphatic rings. The number of halogens is 3. The van der Waals surface area contributed by atoms with E-state index in [-0.39, 0.29) is 13.0 Å². The first-order chi connectivity index (χ1) is 7.86. The minimum absolute atomic E-state index is 0.154. The van der Waals surface area contributed by atoms with Crippen molar-refractivity contribution < 1.29 is 13.2 Å². The van der Waals surface area contributed by atoms with Crippen molar-refractivity contribution >= 4 is 11.3 Å². The van der Waals surface area contributed by atoms with E-state index in [1.165, 1.54) is 23.3 Å². The first-order valence-electron chi connectivity index (χ1n) is 5.25. The lowest BCUT2D eigenvalue weighted by atomic mass is 10.0. The van der Waals surface area contributed by atoms with Crippen LogP contribution in [0.2, 0.25) is 0 Å². The molecule has 1 aromatic heterocycles. The van der Waals surface area contributed by atoms with Crippen LogP contribution >= 0.6 is 11.3 Å². The fraction of sp³-hybridized carbons (Fsp3) is 0.700. The molecule has 1 aromatic rings. The van der Waals surface area contributed by atoms with Gasteiger partial charge in [0.1, 0.15) is 6.04 Å². The van der Waals surface area contributed by atoms with Crippen LogP contribution in [0.4, 0.5) is 13.2 Å². The lowest BCUT2D eigenvalue weighted by molar-refractivity contribution is -0.187. The molecule has 7 heteroatoms. The molecule has 1 heterocycles. The Morgan fingerprint density at radius 2 is 2.18 bits per heavy atom. The molecule has 0 bridgehead atoms. The Kier molecular flexibility index (Phi) is 4.91. The summed E-state index contributed by atoms with van der Waals surface area (Å²) < 4.78 is 38.7. The maximum absolute atomic E-state index is 12.9. The van der Waals surface area contributed by atoms with Gasteiger partial charge in [0.25, 0.3) is 0 Å². The van der Waals surface area contributed by atoms with Crippen molar-refractivity contribution in [2.75, 3.05) is 7.05 Å². The SMILES string of the molecule is CCC(N)C(N(C)Cc1cscn1)C(F)(F)F. The van der Waals surface area contributed by atoms with E-state index in [4.69, 9.17) is 5.73 Å². The maximum atomic E-state index is 12.9. The number of thiazole rings is 1. The number of nitrogens with two attached hydrogens (primary N) is 1. The van der Waals surface area contributed by atoms with Crippen LogP contribution < -0.4 is 5.73 Å². The maximum Gasteiger partial charge on any atom is 0.405 e. The Hall–Kier alpha value is -0.660. The van der Waals surface area contributed by atoms with Crippen LogP contribution in [0.3, 0.4) is 0 Å². The monoisotopic (exact) mass is 267 g/mol. The zero-order valence-electron chi connectivity index (χ0n) is 9.74. The standard InChI is InChI=1S/C10H16F3N3S/c1-3-8(14)9(10(11,12)13)16(2)4-7-5-17-6-15-7/h5-6,8-9H,3-4,14H2,1-2H3. The first kappa shape index (κ1) is 14.4. The average molecular weight is 267 g/mol. The van der Waals surface area contributed by atoms with Crippen LogP contribution in [-0.2, 0) is 6.54 Å². The van der Waals surface area contributed by atoms with Gasteiger partial charge in [0.2, 0.25) is 0 Å². The van der Waals surface area contributed by atoms with Gasteiger partial charge in [-0.05, 0) is 13.5 Å². The Labute approximate surface area is 102 Å². The van der Waals surface area contributed by atoms with Crippen molar-refractivity contribution in [2.24, 2.45) is 5.73 Å². The van der Waals surface area contributed by atoms with Gasteiger partial charge in [-0.25, -0.2) is 4.98 Å². The Morgan fingerprint density at radius 3 is 2.59 bits per heavy atom. The van der Waals surface area contributed by atoms with Gasteiger partial charge < -0.3 is 5.73 Å².